The molecule has 0 radical (unpaired) electrons. The number of aromatic nitrogens is 2. The molecule has 146 valence electrons. The summed E-state index contributed by atoms with van der Waals surface area (Å²) in [5.74, 6) is -0.384. The van der Waals surface area contributed by atoms with Gasteiger partial charge in [-0.05, 0) is 43.9 Å². The largest absolute Gasteiger partial charge is 0.393 e. The molecule has 10 heteroatoms. The Kier molecular flexibility index (Phi) is 5.73. The van der Waals surface area contributed by atoms with E-state index in [-0.39, 0.29) is 28.8 Å². The summed E-state index contributed by atoms with van der Waals surface area (Å²) in [6.45, 7) is 0. The minimum absolute atomic E-state index is 0.0760. The number of nitrogens with zero attached hydrogens (tertiary/aromatic N) is 2. The molecule has 1 fully saturated rings. The van der Waals surface area contributed by atoms with Crippen LogP contribution in [0.3, 0.4) is 0 Å². The molecular formula is C17H21ClN4O4S. The number of nitrogens with one attached hydrogen (secondary N) is 2. The van der Waals surface area contributed by atoms with Gasteiger partial charge in [0, 0.05) is 16.9 Å². The first-order valence-electron chi connectivity index (χ1n) is 8.51. The lowest BCUT2D eigenvalue weighted by molar-refractivity contribution is 0.0999. The molecule has 2 unspecified atom stereocenters. The molecular weight excluding hydrogens is 392 g/mol. The highest BCUT2D eigenvalue weighted by atomic mass is 35.5. The molecule has 1 amide bonds. The lowest BCUT2D eigenvalue weighted by Gasteiger charge is -2.25. The zero-order valence-electron chi connectivity index (χ0n) is 14.7. The molecule has 1 heterocycles. The van der Waals surface area contributed by atoms with Crippen molar-refractivity contribution in [2.75, 3.05) is 16.3 Å². The van der Waals surface area contributed by atoms with Crippen LogP contribution in [0.2, 0.25) is 5.02 Å². The molecule has 0 aliphatic heterocycles. The molecule has 0 spiro atoms. The number of halogens is 1. The number of carbonyl (C=O) groups excluding carboxylic acids is 1. The lowest BCUT2D eigenvalue weighted by atomic mass is 9.93. The molecule has 1 aliphatic rings. The lowest BCUT2D eigenvalue weighted by Crippen LogP contribution is -2.22. The molecule has 0 saturated heterocycles. The smallest absolute Gasteiger partial charge is 0.258 e. The van der Waals surface area contributed by atoms with Crippen molar-refractivity contribution >= 4 is 38.9 Å². The number of amides is 1. The van der Waals surface area contributed by atoms with Gasteiger partial charge >= 0.3 is 0 Å². The standard InChI is InChI=1S/C17H21ClN4O4S/c1-27(25,26)21-14-6-12(18)5-13(7-14)20-17(24)11-9-19-22(10-11)15-3-2-4-16(23)8-15/h5-7,9-10,15-16,21,23H,2-4,8H2,1H3,(H,20,24). The molecule has 2 atom stereocenters. The van der Waals surface area contributed by atoms with Crippen LogP contribution in [0, 0.1) is 0 Å². The Hall–Kier alpha value is -2.10. The van der Waals surface area contributed by atoms with Gasteiger partial charge in [-0.3, -0.25) is 14.2 Å². The van der Waals surface area contributed by atoms with Crippen LogP contribution in [0.1, 0.15) is 42.1 Å². The fourth-order valence-corrected chi connectivity index (χ4v) is 3.95. The fraction of sp³-hybridized carbons (Fsp3) is 0.412. The Morgan fingerprint density at radius 2 is 2.04 bits per heavy atom. The van der Waals surface area contributed by atoms with Crippen molar-refractivity contribution < 1.29 is 18.3 Å². The third kappa shape index (κ3) is 5.44. The number of hydrogen-bond acceptors (Lipinski definition) is 5. The second kappa shape index (κ2) is 7.87. The zero-order chi connectivity index (χ0) is 19.6. The average Bonchev–Trinajstić information content (AvgIpc) is 3.02. The molecule has 1 aliphatic carbocycles. The van der Waals surface area contributed by atoms with Crippen LogP contribution in [0.25, 0.3) is 0 Å². The van der Waals surface area contributed by atoms with Crippen molar-refractivity contribution in [3.8, 4) is 0 Å². The van der Waals surface area contributed by atoms with E-state index in [0.717, 1.165) is 25.5 Å². The average molecular weight is 413 g/mol. The second-order valence-electron chi connectivity index (χ2n) is 6.74. The van der Waals surface area contributed by atoms with E-state index in [9.17, 15) is 18.3 Å². The molecule has 8 nitrogen and oxygen atoms in total. The Balaban J connectivity index is 1.72. The summed E-state index contributed by atoms with van der Waals surface area (Å²) in [5, 5.41) is 17.0. The van der Waals surface area contributed by atoms with E-state index in [1.165, 1.54) is 24.4 Å². The normalized spacial score (nSPS) is 20.3. The van der Waals surface area contributed by atoms with E-state index < -0.39 is 10.0 Å². The first kappa shape index (κ1) is 19.7. The van der Waals surface area contributed by atoms with Gasteiger partial charge in [0.05, 0.1) is 35.8 Å². The number of rotatable bonds is 5. The van der Waals surface area contributed by atoms with E-state index in [1.807, 2.05) is 0 Å². The van der Waals surface area contributed by atoms with Gasteiger partial charge < -0.3 is 10.4 Å². The topological polar surface area (TPSA) is 113 Å². The van der Waals surface area contributed by atoms with Crippen molar-refractivity contribution in [2.24, 2.45) is 0 Å². The predicted molar refractivity (Wildman–Crippen MR) is 104 cm³/mol. The van der Waals surface area contributed by atoms with Crippen molar-refractivity contribution in [1.82, 2.24) is 9.78 Å². The van der Waals surface area contributed by atoms with Gasteiger partial charge in [0.25, 0.3) is 5.91 Å². The molecule has 1 saturated carbocycles. The van der Waals surface area contributed by atoms with Gasteiger partial charge in [0.1, 0.15) is 0 Å². The van der Waals surface area contributed by atoms with Crippen LogP contribution in [0.5, 0.6) is 0 Å². The second-order valence-corrected chi connectivity index (χ2v) is 8.93. The van der Waals surface area contributed by atoms with Crippen LogP contribution in [0.15, 0.2) is 30.6 Å². The van der Waals surface area contributed by atoms with Crippen LogP contribution in [-0.4, -0.2) is 41.6 Å². The number of carbonyl (C=O) groups is 1. The number of benzene rings is 1. The minimum Gasteiger partial charge on any atom is -0.393 e. The summed E-state index contributed by atoms with van der Waals surface area (Å²) in [6, 6.07) is 4.53. The molecule has 1 aromatic carbocycles. The summed E-state index contributed by atoms with van der Waals surface area (Å²) in [4.78, 5) is 12.5. The highest BCUT2D eigenvalue weighted by molar-refractivity contribution is 7.92. The number of hydrogen-bond donors (Lipinski definition) is 3. The number of aliphatic hydroxyl groups is 1. The molecule has 2 aromatic rings. The summed E-state index contributed by atoms with van der Waals surface area (Å²) in [5.41, 5.74) is 0.985. The first-order valence-corrected chi connectivity index (χ1v) is 10.8. The van der Waals surface area contributed by atoms with Crippen molar-refractivity contribution in [3.05, 3.63) is 41.2 Å². The van der Waals surface area contributed by atoms with Crippen LogP contribution in [0.4, 0.5) is 11.4 Å². The third-order valence-corrected chi connectivity index (χ3v) is 5.14. The quantitative estimate of drug-likeness (QED) is 0.698. The van der Waals surface area contributed by atoms with Gasteiger partial charge in [0.15, 0.2) is 0 Å². The summed E-state index contributed by atoms with van der Waals surface area (Å²) in [6.07, 6.45) is 7.07. The Morgan fingerprint density at radius 3 is 2.74 bits per heavy atom. The van der Waals surface area contributed by atoms with Crippen LogP contribution >= 0.6 is 11.6 Å². The van der Waals surface area contributed by atoms with Crippen molar-refractivity contribution in [2.45, 2.75) is 37.8 Å². The van der Waals surface area contributed by atoms with Gasteiger partial charge in [-0.2, -0.15) is 5.10 Å². The highest BCUT2D eigenvalue weighted by Gasteiger charge is 2.23. The maximum atomic E-state index is 12.5. The first-order chi connectivity index (χ1) is 12.7. The predicted octanol–water partition coefficient (Wildman–Crippen LogP) is 2.64. The maximum absolute atomic E-state index is 12.5. The molecule has 0 bridgehead atoms. The maximum Gasteiger partial charge on any atom is 0.258 e. The Bertz CT molecular complexity index is 944. The van der Waals surface area contributed by atoms with Gasteiger partial charge in [-0.1, -0.05) is 11.6 Å². The van der Waals surface area contributed by atoms with E-state index >= 15 is 0 Å². The Labute approximate surface area is 162 Å². The van der Waals surface area contributed by atoms with E-state index in [2.05, 4.69) is 15.1 Å². The summed E-state index contributed by atoms with van der Waals surface area (Å²) >= 11 is 6.00. The zero-order valence-corrected chi connectivity index (χ0v) is 16.3. The van der Waals surface area contributed by atoms with Crippen LogP contribution in [-0.2, 0) is 10.0 Å². The van der Waals surface area contributed by atoms with Gasteiger partial charge in [-0.25, -0.2) is 8.42 Å². The molecule has 3 N–H and O–H groups in total. The molecule has 1 aromatic heterocycles. The van der Waals surface area contributed by atoms with E-state index in [1.54, 1.807) is 10.9 Å². The molecule has 3 rings (SSSR count). The minimum atomic E-state index is -3.46. The van der Waals surface area contributed by atoms with Crippen molar-refractivity contribution in [1.29, 1.82) is 0 Å². The van der Waals surface area contributed by atoms with Crippen molar-refractivity contribution in [3.63, 3.8) is 0 Å². The van der Waals surface area contributed by atoms with Crippen LogP contribution < -0.4 is 10.0 Å². The summed E-state index contributed by atoms with van der Waals surface area (Å²) in [7, 11) is -3.46. The van der Waals surface area contributed by atoms with Gasteiger partial charge in [-0.15, -0.1) is 0 Å². The highest BCUT2D eigenvalue weighted by Crippen LogP contribution is 2.28. The number of aliphatic hydroxyl groups excluding tert-OH is 1. The third-order valence-electron chi connectivity index (χ3n) is 4.32. The Morgan fingerprint density at radius 1 is 1.30 bits per heavy atom. The number of sulfonamides is 1. The van der Waals surface area contributed by atoms with Gasteiger partial charge in [0.2, 0.25) is 10.0 Å². The fourth-order valence-electron chi connectivity index (χ4n) is 3.17. The number of anilines is 2. The summed E-state index contributed by atoms with van der Waals surface area (Å²) < 4.78 is 26.8. The van der Waals surface area contributed by atoms with E-state index in [4.69, 9.17) is 11.6 Å². The van der Waals surface area contributed by atoms with E-state index in [0.29, 0.717) is 17.7 Å². The monoisotopic (exact) mass is 412 g/mol. The SMILES string of the molecule is CS(=O)(=O)Nc1cc(Cl)cc(NC(=O)c2cnn(C3CCCC(O)C3)c2)c1. The molecule has 27 heavy (non-hydrogen) atoms.